The summed E-state index contributed by atoms with van der Waals surface area (Å²) in [4.78, 5) is 1.24. The molecule has 1 aromatic heterocycles. The molecule has 0 fully saturated rings. The molecule has 1 aromatic rings. The summed E-state index contributed by atoms with van der Waals surface area (Å²) < 4.78 is 5.84. The van der Waals surface area contributed by atoms with Crippen molar-refractivity contribution >= 4 is 11.3 Å². The first-order valence-corrected chi connectivity index (χ1v) is 6.51. The Balaban J connectivity index is 2.35. The molecule has 0 spiro atoms. The average Bonchev–Trinajstić information content (AvgIpc) is 2.72. The molecule has 0 saturated heterocycles. The Labute approximate surface area is 96.4 Å². The van der Waals surface area contributed by atoms with Gasteiger partial charge >= 0.3 is 0 Å². The van der Waals surface area contributed by atoms with E-state index >= 15 is 0 Å². The molecule has 0 amide bonds. The van der Waals surface area contributed by atoms with Crippen LogP contribution in [0.15, 0.2) is 17.5 Å². The van der Waals surface area contributed by atoms with Gasteiger partial charge in [0.1, 0.15) is 6.10 Å². The third kappa shape index (κ3) is 4.33. The van der Waals surface area contributed by atoms with Crippen molar-refractivity contribution in [3.8, 4) is 0 Å². The summed E-state index contributed by atoms with van der Waals surface area (Å²) in [5.41, 5.74) is 5.71. The zero-order chi connectivity index (χ0) is 11.1. The Morgan fingerprint density at radius 3 is 2.87 bits per heavy atom. The quantitative estimate of drug-likeness (QED) is 0.776. The summed E-state index contributed by atoms with van der Waals surface area (Å²) in [6.07, 6.45) is 2.53. The van der Waals surface area contributed by atoms with Gasteiger partial charge in [-0.05, 0) is 23.8 Å². The number of hydrogen-bond acceptors (Lipinski definition) is 3. The van der Waals surface area contributed by atoms with Crippen LogP contribution < -0.4 is 5.73 Å². The molecule has 0 aliphatic heterocycles. The maximum atomic E-state index is 5.84. The highest BCUT2D eigenvalue weighted by Crippen LogP contribution is 2.22. The zero-order valence-corrected chi connectivity index (χ0v) is 10.4. The van der Waals surface area contributed by atoms with Gasteiger partial charge in [0.15, 0.2) is 0 Å². The van der Waals surface area contributed by atoms with E-state index in [0.29, 0.717) is 12.5 Å². The van der Waals surface area contributed by atoms with Crippen LogP contribution in [0.3, 0.4) is 0 Å². The fourth-order valence-electron chi connectivity index (χ4n) is 1.60. The molecular weight excluding hydrogens is 206 g/mol. The summed E-state index contributed by atoms with van der Waals surface area (Å²) >= 11 is 1.72. The Hall–Kier alpha value is -0.380. The third-order valence-electron chi connectivity index (χ3n) is 2.44. The molecule has 2 nitrogen and oxygen atoms in total. The monoisotopic (exact) mass is 227 g/mol. The van der Waals surface area contributed by atoms with E-state index in [2.05, 4.69) is 25.3 Å². The molecule has 2 N–H and O–H groups in total. The van der Waals surface area contributed by atoms with Crippen molar-refractivity contribution in [1.29, 1.82) is 0 Å². The van der Waals surface area contributed by atoms with E-state index in [9.17, 15) is 0 Å². The van der Waals surface area contributed by atoms with Crippen molar-refractivity contribution in [1.82, 2.24) is 0 Å². The van der Waals surface area contributed by atoms with Gasteiger partial charge in [0.25, 0.3) is 0 Å². The van der Waals surface area contributed by atoms with Crippen LogP contribution in [-0.2, 0) is 4.74 Å². The summed E-state index contributed by atoms with van der Waals surface area (Å²) in [5.74, 6) is 0.629. The van der Waals surface area contributed by atoms with Gasteiger partial charge in [-0.3, -0.25) is 0 Å². The van der Waals surface area contributed by atoms with Gasteiger partial charge in [0, 0.05) is 11.4 Å². The van der Waals surface area contributed by atoms with E-state index in [0.717, 1.165) is 6.61 Å². The first-order chi connectivity index (χ1) is 7.27. The molecular formula is C12H21NOS. The molecule has 3 heteroatoms. The molecule has 0 aromatic carbocycles. The van der Waals surface area contributed by atoms with Gasteiger partial charge in [-0.1, -0.05) is 26.3 Å². The summed E-state index contributed by atoms with van der Waals surface area (Å²) in [7, 11) is 0. The first kappa shape index (κ1) is 12.7. The van der Waals surface area contributed by atoms with Crippen molar-refractivity contribution in [3.05, 3.63) is 22.4 Å². The topological polar surface area (TPSA) is 35.2 Å². The van der Waals surface area contributed by atoms with Crippen LogP contribution in [0.1, 0.15) is 37.7 Å². The second-order valence-electron chi connectivity index (χ2n) is 3.97. The molecule has 2 atom stereocenters. The van der Waals surface area contributed by atoms with Gasteiger partial charge in [0.2, 0.25) is 0 Å². The number of ether oxygens (including phenoxy) is 1. The van der Waals surface area contributed by atoms with E-state index < -0.39 is 0 Å². The minimum Gasteiger partial charge on any atom is -0.371 e. The minimum atomic E-state index is 0.0873. The highest BCUT2D eigenvalue weighted by Gasteiger charge is 2.12. The molecule has 0 aliphatic carbocycles. The lowest BCUT2D eigenvalue weighted by Gasteiger charge is -2.17. The third-order valence-corrected chi connectivity index (χ3v) is 3.40. The van der Waals surface area contributed by atoms with Crippen LogP contribution in [0.5, 0.6) is 0 Å². The predicted octanol–water partition coefficient (Wildman–Crippen LogP) is 3.20. The summed E-state index contributed by atoms with van der Waals surface area (Å²) in [6, 6.07) is 4.13. The minimum absolute atomic E-state index is 0.0873. The number of nitrogens with two attached hydrogens (primary N) is 1. The second-order valence-corrected chi connectivity index (χ2v) is 4.95. The number of rotatable bonds is 7. The molecule has 0 radical (unpaired) electrons. The van der Waals surface area contributed by atoms with Gasteiger partial charge in [-0.15, -0.1) is 11.3 Å². The fraction of sp³-hybridized carbons (Fsp3) is 0.667. The van der Waals surface area contributed by atoms with Crippen molar-refractivity contribution in [2.24, 2.45) is 11.7 Å². The van der Waals surface area contributed by atoms with Crippen LogP contribution in [0.4, 0.5) is 0 Å². The number of hydrogen-bond donors (Lipinski definition) is 1. The lowest BCUT2D eigenvalue weighted by Crippen LogP contribution is -2.17. The zero-order valence-electron chi connectivity index (χ0n) is 9.61. The maximum absolute atomic E-state index is 5.84. The highest BCUT2D eigenvalue weighted by atomic mass is 32.1. The van der Waals surface area contributed by atoms with E-state index in [4.69, 9.17) is 10.5 Å². The second kappa shape index (κ2) is 6.99. The molecule has 0 aliphatic rings. The van der Waals surface area contributed by atoms with E-state index in [1.807, 2.05) is 6.07 Å². The molecule has 1 heterocycles. The fourth-order valence-corrected chi connectivity index (χ4v) is 2.38. The molecule has 0 bridgehead atoms. The Bertz CT molecular complexity index is 248. The van der Waals surface area contributed by atoms with Crippen LogP contribution in [0.2, 0.25) is 0 Å². The summed E-state index contributed by atoms with van der Waals surface area (Å²) in [5, 5.41) is 2.07. The standard InChI is InChI=1S/C12H21NOS/c1-3-5-10(2)9-14-11(8-13)12-6-4-7-15-12/h4,6-7,10-11H,3,5,8-9,13H2,1-2H3. The first-order valence-electron chi connectivity index (χ1n) is 5.63. The van der Waals surface area contributed by atoms with Crippen molar-refractivity contribution in [2.75, 3.05) is 13.2 Å². The van der Waals surface area contributed by atoms with Crippen LogP contribution in [0, 0.1) is 5.92 Å². The van der Waals surface area contributed by atoms with Crippen LogP contribution in [-0.4, -0.2) is 13.2 Å². The van der Waals surface area contributed by atoms with Gasteiger partial charge in [-0.25, -0.2) is 0 Å². The lowest BCUT2D eigenvalue weighted by molar-refractivity contribution is 0.0372. The van der Waals surface area contributed by atoms with Crippen molar-refractivity contribution < 1.29 is 4.74 Å². The Morgan fingerprint density at radius 2 is 2.33 bits per heavy atom. The van der Waals surface area contributed by atoms with Crippen LogP contribution in [0.25, 0.3) is 0 Å². The maximum Gasteiger partial charge on any atom is 0.104 e. The lowest BCUT2D eigenvalue weighted by atomic mass is 10.1. The number of thiophene rings is 1. The van der Waals surface area contributed by atoms with Crippen molar-refractivity contribution in [2.45, 2.75) is 32.8 Å². The smallest absolute Gasteiger partial charge is 0.104 e. The molecule has 86 valence electrons. The SMILES string of the molecule is CCCC(C)COC(CN)c1cccs1. The van der Waals surface area contributed by atoms with Gasteiger partial charge in [0.05, 0.1) is 6.61 Å². The summed E-state index contributed by atoms with van der Waals surface area (Å²) in [6.45, 7) is 5.81. The predicted molar refractivity (Wildman–Crippen MR) is 66.1 cm³/mol. The van der Waals surface area contributed by atoms with E-state index in [1.54, 1.807) is 11.3 Å². The average molecular weight is 227 g/mol. The van der Waals surface area contributed by atoms with Gasteiger partial charge < -0.3 is 10.5 Å². The van der Waals surface area contributed by atoms with Crippen LogP contribution >= 0.6 is 11.3 Å². The van der Waals surface area contributed by atoms with E-state index in [-0.39, 0.29) is 6.10 Å². The molecule has 2 unspecified atom stereocenters. The van der Waals surface area contributed by atoms with Gasteiger partial charge in [-0.2, -0.15) is 0 Å². The highest BCUT2D eigenvalue weighted by molar-refractivity contribution is 7.10. The van der Waals surface area contributed by atoms with E-state index in [1.165, 1.54) is 17.7 Å². The largest absolute Gasteiger partial charge is 0.371 e. The molecule has 1 rings (SSSR count). The molecule has 0 saturated carbocycles. The Morgan fingerprint density at radius 1 is 1.53 bits per heavy atom. The Kier molecular flexibility index (Phi) is 5.91. The van der Waals surface area contributed by atoms with Crippen molar-refractivity contribution in [3.63, 3.8) is 0 Å². The normalized spacial score (nSPS) is 15.1. The molecule has 15 heavy (non-hydrogen) atoms.